The fourth-order valence-electron chi connectivity index (χ4n) is 4.79. The van der Waals surface area contributed by atoms with Gasteiger partial charge in [0.1, 0.15) is 5.82 Å². The van der Waals surface area contributed by atoms with Crippen molar-refractivity contribution >= 4 is 5.91 Å². The van der Waals surface area contributed by atoms with Gasteiger partial charge in [0, 0.05) is 51.4 Å². The second kappa shape index (κ2) is 10.9. The van der Waals surface area contributed by atoms with Gasteiger partial charge in [-0.2, -0.15) is 0 Å². The lowest BCUT2D eigenvalue weighted by Gasteiger charge is -2.24. The molecule has 0 saturated carbocycles. The van der Waals surface area contributed by atoms with Gasteiger partial charge in [0.25, 0.3) is 0 Å². The van der Waals surface area contributed by atoms with Gasteiger partial charge < -0.3 is 24.3 Å². The Labute approximate surface area is 205 Å². The first kappa shape index (κ1) is 23.3. The Hall–Kier alpha value is -3.46. The number of carbonyl (C=O) groups excluding carboxylic acids is 1. The number of nitrogens with one attached hydrogen (secondary N) is 1. The van der Waals surface area contributed by atoms with Gasteiger partial charge in [-0.3, -0.25) is 9.78 Å². The van der Waals surface area contributed by atoms with Gasteiger partial charge in [0.15, 0.2) is 17.3 Å². The van der Waals surface area contributed by atoms with Crippen molar-refractivity contribution in [2.45, 2.75) is 45.7 Å². The molecule has 35 heavy (non-hydrogen) atoms. The minimum Gasteiger partial charge on any atom is -0.454 e. The van der Waals surface area contributed by atoms with Gasteiger partial charge in [-0.15, -0.1) is 10.2 Å². The molecule has 0 fully saturated rings. The highest BCUT2D eigenvalue weighted by atomic mass is 16.7. The van der Waals surface area contributed by atoms with E-state index in [9.17, 15) is 4.79 Å². The van der Waals surface area contributed by atoms with Crippen LogP contribution in [0, 0.1) is 5.92 Å². The first-order valence-electron chi connectivity index (χ1n) is 12.3. The van der Waals surface area contributed by atoms with Gasteiger partial charge in [0.05, 0.1) is 6.54 Å². The highest BCUT2D eigenvalue weighted by Gasteiger charge is 2.21. The Morgan fingerprint density at radius 1 is 1.11 bits per heavy atom. The van der Waals surface area contributed by atoms with E-state index in [1.165, 1.54) is 5.56 Å². The molecule has 4 heterocycles. The van der Waals surface area contributed by atoms with Crippen molar-refractivity contribution in [3.05, 3.63) is 65.5 Å². The lowest BCUT2D eigenvalue weighted by Crippen LogP contribution is -2.32. The Balaban J connectivity index is 1.09. The lowest BCUT2D eigenvalue weighted by atomic mass is 10.00. The third-order valence-corrected chi connectivity index (χ3v) is 6.59. The number of nitrogens with zero attached hydrogens (tertiary/aromatic N) is 5. The molecule has 2 aliphatic rings. The highest BCUT2D eigenvalue weighted by Crippen LogP contribution is 2.33. The van der Waals surface area contributed by atoms with Crippen molar-refractivity contribution in [2.24, 2.45) is 5.92 Å². The zero-order valence-corrected chi connectivity index (χ0v) is 20.2. The average molecular weight is 477 g/mol. The summed E-state index contributed by atoms with van der Waals surface area (Å²) in [5.74, 6) is 4.02. The molecule has 184 valence electrons. The third-order valence-electron chi connectivity index (χ3n) is 6.59. The SMILES string of the molecule is CC(Cc1ccc2c(c1)OCO2)CN1CCc2nnc(CNC(=O)CCc3cccnc3)n2CC1. The van der Waals surface area contributed by atoms with Crippen molar-refractivity contribution in [1.29, 1.82) is 0 Å². The first-order valence-corrected chi connectivity index (χ1v) is 12.3. The number of pyridine rings is 1. The number of rotatable bonds is 9. The largest absolute Gasteiger partial charge is 0.454 e. The maximum atomic E-state index is 12.3. The van der Waals surface area contributed by atoms with E-state index in [0.29, 0.717) is 32.1 Å². The van der Waals surface area contributed by atoms with E-state index in [2.05, 4.69) is 49.0 Å². The summed E-state index contributed by atoms with van der Waals surface area (Å²) in [6.07, 6.45) is 6.50. The van der Waals surface area contributed by atoms with Crippen LogP contribution >= 0.6 is 0 Å². The van der Waals surface area contributed by atoms with Gasteiger partial charge >= 0.3 is 0 Å². The highest BCUT2D eigenvalue weighted by molar-refractivity contribution is 5.76. The van der Waals surface area contributed by atoms with Crippen molar-refractivity contribution in [1.82, 2.24) is 30.0 Å². The Kier molecular flexibility index (Phi) is 7.23. The van der Waals surface area contributed by atoms with Crippen molar-refractivity contribution in [2.75, 3.05) is 26.4 Å². The van der Waals surface area contributed by atoms with E-state index in [4.69, 9.17) is 9.47 Å². The Bertz CT molecular complexity index is 1150. The smallest absolute Gasteiger partial charge is 0.231 e. The number of fused-ring (bicyclic) bond motifs is 2. The quantitative estimate of drug-likeness (QED) is 0.507. The second-order valence-electron chi connectivity index (χ2n) is 9.37. The first-order chi connectivity index (χ1) is 17.1. The molecule has 3 aromatic rings. The van der Waals surface area contributed by atoms with E-state index < -0.39 is 0 Å². The summed E-state index contributed by atoms with van der Waals surface area (Å²) in [5.41, 5.74) is 2.34. The summed E-state index contributed by atoms with van der Waals surface area (Å²) >= 11 is 0. The van der Waals surface area contributed by atoms with Crippen LogP contribution in [0.2, 0.25) is 0 Å². The van der Waals surface area contributed by atoms with Gasteiger partial charge in [0.2, 0.25) is 12.7 Å². The number of hydrogen-bond acceptors (Lipinski definition) is 7. The molecule has 5 rings (SSSR count). The summed E-state index contributed by atoms with van der Waals surface area (Å²) in [7, 11) is 0. The Morgan fingerprint density at radius 3 is 2.91 bits per heavy atom. The normalized spacial score (nSPS) is 15.9. The van der Waals surface area contributed by atoms with Crippen LogP contribution < -0.4 is 14.8 Å². The fourth-order valence-corrected chi connectivity index (χ4v) is 4.79. The predicted octanol–water partition coefficient (Wildman–Crippen LogP) is 2.39. The molecule has 1 aromatic carbocycles. The molecule has 0 spiro atoms. The zero-order chi connectivity index (χ0) is 24.0. The monoisotopic (exact) mass is 476 g/mol. The number of aromatic nitrogens is 4. The summed E-state index contributed by atoms with van der Waals surface area (Å²) in [4.78, 5) is 18.9. The molecule has 1 unspecified atom stereocenters. The van der Waals surface area contributed by atoms with Crippen LogP contribution in [0.1, 0.15) is 36.1 Å². The summed E-state index contributed by atoms with van der Waals surface area (Å²) in [6.45, 7) is 6.76. The molecule has 9 nitrogen and oxygen atoms in total. The predicted molar refractivity (Wildman–Crippen MR) is 130 cm³/mol. The van der Waals surface area contributed by atoms with Crippen LogP contribution in [0.3, 0.4) is 0 Å². The van der Waals surface area contributed by atoms with Crippen LogP contribution in [-0.2, 0) is 37.1 Å². The van der Waals surface area contributed by atoms with Crippen molar-refractivity contribution in [3.63, 3.8) is 0 Å². The Morgan fingerprint density at radius 2 is 2.03 bits per heavy atom. The van der Waals surface area contributed by atoms with Crippen LogP contribution in [0.15, 0.2) is 42.7 Å². The molecule has 1 atom stereocenters. The van der Waals surface area contributed by atoms with Gasteiger partial charge in [-0.25, -0.2) is 0 Å². The number of amides is 1. The second-order valence-corrected chi connectivity index (χ2v) is 9.37. The number of carbonyl (C=O) groups is 1. The van der Waals surface area contributed by atoms with Gasteiger partial charge in [-0.05, 0) is 48.1 Å². The number of ether oxygens (including phenoxy) is 2. The lowest BCUT2D eigenvalue weighted by molar-refractivity contribution is -0.121. The molecular weight excluding hydrogens is 444 g/mol. The van der Waals surface area contributed by atoms with Crippen LogP contribution in [-0.4, -0.2) is 57.0 Å². The van der Waals surface area contributed by atoms with Crippen LogP contribution in [0.25, 0.3) is 0 Å². The summed E-state index contributed by atoms with van der Waals surface area (Å²) < 4.78 is 13.1. The molecular formula is C26H32N6O3. The molecule has 0 radical (unpaired) electrons. The topological polar surface area (TPSA) is 94.4 Å². The van der Waals surface area contributed by atoms with Gasteiger partial charge in [-0.1, -0.05) is 19.1 Å². The number of aryl methyl sites for hydroxylation is 1. The fraction of sp³-hybridized carbons (Fsp3) is 0.462. The third kappa shape index (κ3) is 5.97. The van der Waals surface area contributed by atoms with Crippen LogP contribution in [0.5, 0.6) is 11.5 Å². The van der Waals surface area contributed by atoms with E-state index in [1.54, 1.807) is 12.4 Å². The minimum atomic E-state index is 0.0128. The van der Waals surface area contributed by atoms with E-state index in [1.807, 2.05) is 18.2 Å². The molecule has 2 aromatic heterocycles. The maximum Gasteiger partial charge on any atom is 0.231 e. The van der Waals surface area contributed by atoms with Crippen molar-refractivity contribution < 1.29 is 14.3 Å². The molecule has 1 N–H and O–H groups in total. The molecule has 0 aliphatic carbocycles. The maximum absolute atomic E-state index is 12.3. The van der Waals surface area contributed by atoms with Crippen molar-refractivity contribution in [3.8, 4) is 11.5 Å². The van der Waals surface area contributed by atoms with E-state index in [-0.39, 0.29) is 5.91 Å². The number of benzene rings is 1. The number of hydrogen-bond donors (Lipinski definition) is 1. The van der Waals surface area contributed by atoms with Crippen LogP contribution in [0.4, 0.5) is 0 Å². The molecule has 9 heteroatoms. The molecule has 2 aliphatic heterocycles. The summed E-state index contributed by atoms with van der Waals surface area (Å²) in [6, 6.07) is 10.1. The molecule has 0 saturated heterocycles. The standard InChI is InChI=1S/C26H32N6O3/c1-19(13-21-4-6-22-23(14-21)35-18-34-22)17-31-10-8-24-29-30-25(32(24)12-11-31)16-28-26(33)7-5-20-3-2-9-27-15-20/h2-4,6,9,14-15,19H,5,7-8,10-13,16-18H2,1H3,(H,28,33). The van der Waals surface area contributed by atoms with E-state index in [0.717, 1.165) is 67.7 Å². The molecule has 1 amide bonds. The average Bonchev–Trinajstić information content (AvgIpc) is 3.44. The molecule has 0 bridgehead atoms. The summed E-state index contributed by atoms with van der Waals surface area (Å²) in [5, 5.41) is 11.8. The minimum absolute atomic E-state index is 0.0128. The zero-order valence-electron chi connectivity index (χ0n) is 20.2. The van der Waals surface area contributed by atoms with E-state index >= 15 is 0 Å².